The molecule has 2 nitrogen and oxygen atoms in total. The highest BCUT2D eigenvalue weighted by Gasteiger charge is 2.05. The van der Waals surface area contributed by atoms with Gasteiger partial charge in [-0.3, -0.25) is 0 Å². The van der Waals surface area contributed by atoms with Crippen molar-refractivity contribution in [2.45, 2.75) is 58.7 Å². The molecule has 0 radical (unpaired) electrons. The fourth-order valence-corrected chi connectivity index (χ4v) is 1.91. The van der Waals surface area contributed by atoms with E-state index in [0.29, 0.717) is 12.0 Å². The Kier molecular flexibility index (Phi) is 5.66. The van der Waals surface area contributed by atoms with Crippen molar-refractivity contribution in [1.82, 2.24) is 5.32 Å². The summed E-state index contributed by atoms with van der Waals surface area (Å²) in [6.45, 7) is 9.22. The van der Waals surface area contributed by atoms with Crippen LogP contribution >= 0.6 is 0 Å². The molecule has 0 saturated carbocycles. The van der Waals surface area contributed by atoms with Crippen LogP contribution in [0.15, 0.2) is 24.3 Å². The average Bonchev–Trinajstić information content (AvgIpc) is 2.26. The van der Waals surface area contributed by atoms with Gasteiger partial charge in [0.25, 0.3) is 0 Å². The minimum Gasteiger partial charge on any atom is -0.393 e. The van der Waals surface area contributed by atoms with Crippen molar-refractivity contribution in [1.29, 1.82) is 0 Å². The van der Waals surface area contributed by atoms with Gasteiger partial charge in [-0.05, 0) is 37.3 Å². The van der Waals surface area contributed by atoms with Crippen LogP contribution in [0, 0.1) is 0 Å². The lowest BCUT2D eigenvalue weighted by molar-refractivity contribution is 0.170. The minimum absolute atomic E-state index is 0.235. The molecule has 1 aromatic carbocycles. The molecule has 2 N–H and O–H groups in total. The van der Waals surface area contributed by atoms with Gasteiger partial charge >= 0.3 is 0 Å². The minimum atomic E-state index is -0.235. The topological polar surface area (TPSA) is 32.3 Å². The highest BCUT2D eigenvalue weighted by atomic mass is 16.3. The van der Waals surface area contributed by atoms with Crippen LogP contribution < -0.4 is 5.32 Å². The number of aliphatic hydroxyl groups is 1. The van der Waals surface area contributed by atoms with Gasteiger partial charge in [-0.15, -0.1) is 0 Å². The summed E-state index contributed by atoms with van der Waals surface area (Å²) in [7, 11) is 0. The smallest absolute Gasteiger partial charge is 0.0526 e. The summed E-state index contributed by atoms with van der Waals surface area (Å²) in [6, 6.07) is 9.09. The third-order valence-corrected chi connectivity index (χ3v) is 3.00. The van der Waals surface area contributed by atoms with E-state index in [-0.39, 0.29) is 6.10 Å². The molecule has 0 bridgehead atoms. The van der Waals surface area contributed by atoms with Crippen molar-refractivity contribution in [3.05, 3.63) is 35.4 Å². The zero-order valence-corrected chi connectivity index (χ0v) is 11.4. The van der Waals surface area contributed by atoms with Gasteiger partial charge in [-0.2, -0.15) is 0 Å². The van der Waals surface area contributed by atoms with E-state index < -0.39 is 0 Å². The quantitative estimate of drug-likeness (QED) is 0.794. The van der Waals surface area contributed by atoms with Crippen molar-refractivity contribution >= 4 is 0 Å². The Labute approximate surface area is 105 Å². The van der Waals surface area contributed by atoms with Gasteiger partial charge in [0.1, 0.15) is 0 Å². The van der Waals surface area contributed by atoms with Crippen molar-refractivity contribution in [3.8, 4) is 0 Å². The lowest BCUT2D eigenvalue weighted by Crippen LogP contribution is -2.28. The Balaban J connectivity index is 2.42. The molecule has 0 fully saturated rings. The first kappa shape index (κ1) is 14.2. The molecular weight excluding hydrogens is 210 g/mol. The SMILES string of the molecule is CC(O)CC(C)NCc1ccc(C(C)C)cc1. The van der Waals surface area contributed by atoms with Crippen LogP contribution in [-0.2, 0) is 6.54 Å². The van der Waals surface area contributed by atoms with Crippen molar-refractivity contribution in [3.63, 3.8) is 0 Å². The first-order valence-electron chi connectivity index (χ1n) is 6.49. The highest BCUT2D eigenvalue weighted by molar-refractivity contribution is 5.24. The normalized spacial score (nSPS) is 14.9. The Bertz CT molecular complexity index is 316. The molecular formula is C15H25NO. The van der Waals surface area contributed by atoms with Gasteiger partial charge < -0.3 is 10.4 Å². The maximum atomic E-state index is 9.28. The van der Waals surface area contributed by atoms with E-state index in [9.17, 15) is 5.11 Å². The molecule has 0 aliphatic heterocycles. The zero-order chi connectivity index (χ0) is 12.8. The van der Waals surface area contributed by atoms with Gasteiger partial charge in [0.2, 0.25) is 0 Å². The monoisotopic (exact) mass is 235 g/mol. The predicted molar refractivity (Wildman–Crippen MR) is 73.1 cm³/mol. The van der Waals surface area contributed by atoms with Gasteiger partial charge in [-0.1, -0.05) is 38.1 Å². The Morgan fingerprint density at radius 3 is 2.12 bits per heavy atom. The summed E-state index contributed by atoms with van der Waals surface area (Å²) in [4.78, 5) is 0. The van der Waals surface area contributed by atoms with E-state index in [0.717, 1.165) is 13.0 Å². The van der Waals surface area contributed by atoms with Crippen LogP contribution in [0.4, 0.5) is 0 Å². The Morgan fingerprint density at radius 2 is 1.65 bits per heavy atom. The van der Waals surface area contributed by atoms with Crippen LogP contribution in [0.5, 0.6) is 0 Å². The second-order valence-electron chi connectivity index (χ2n) is 5.26. The summed E-state index contributed by atoms with van der Waals surface area (Å²) >= 11 is 0. The standard InChI is InChI=1S/C15H25NO/c1-11(2)15-7-5-14(6-8-15)10-16-12(3)9-13(4)17/h5-8,11-13,16-17H,9-10H2,1-4H3. The lowest BCUT2D eigenvalue weighted by atomic mass is 10.0. The van der Waals surface area contributed by atoms with Crippen LogP contribution in [0.2, 0.25) is 0 Å². The summed E-state index contributed by atoms with van der Waals surface area (Å²) in [5.41, 5.74) is 2.68. The number of rotatable bonds is 6. The predicted octanol–water partition coefficient (Wildman–Crippen LogP) is 3.06. The van der Waals surface area contributed by atoms with E-state index in [1.165, 1.54) is 11.1 Å². The van der Waals surface area contributed by atoms with E-state index in [1.54, 1.807) is 0 Å². The summed E-state index contributed by atoms with van der Waals surface area (Å²) in [6.07, 6.45) is 0.560. The molecule has 0 spiro atoms. The second-order valence-corrected chi connectivity index (χ2v) is 5.26. The molecule has 0 heterocycles. The molecule has 17 heavy (non-hydrogen) atoms. The van der Waals surface area contributed by atoms with Gasteiger partial charge in [0, 0.05) is 12.6 Å². The van der Waals surface area contributed by atoms with Gasteiger partial charge in [0.15, 0.2) is 0 Å². The third kappa shape index (κ3) is 5.33. The number of benzene rings is 1. The second kappa shape index (κ2) is 6.77. The molecule has 0 saturated heterocycles. The van der Waals surface area contributed by atoms with Crippen LogP contribution in [-0.4, -0.2) is 17.3 Å². The van der Waals surface area contributed by atoms with Crippen LogP contribution in [0.3, 0.4) is 0 Å². The van der Waals surface area contributed by atoms with Crippen molar-refractivity contribution < 1.29 is 5.11 Å². The molecule has 1 aromatic rings. The first-order valence-corrected chi connectivity index (χ1v) is 6.49. The largest absolute Gasteiger partial charge is 0.393 e. The Hall–Kier alpha value is -0.860. The maximum Gasteiger partial charge on any atom is 0.0526 e. The maximum absolute atomic E-state index is 9.28. The number of nitrogens with one attached hydrogen (secondary N) is 1. The third-order valence-electron chi connectivity index (χ3n) is 3.00. The molecule has 1 rings (SSSR count). The average molecular weight is 235 g/mol. The Morgan fingerprint density at radius 1 is 1.06 bits per heavy atom. The van der Waals surface area contributed by atoms with Gasteiger partial charge in [-0.25, -0.2) is 0 Å². The van der Waals surface area contributed by atoms with Crippen LogP contribution in [0.1, 0.15) is 51.2 Å². The molecule has 0 aromatic heterocycles. The molecule has 2 heteroatoms. The fourth-order valence-electron chi connectivity index (χ4n) is 1.91. The van der Waals surface area contributed by atoms with E-state index >= 15 is 0 Å². The molecule has 0 aliphatic carbocycles. The van der Waals surface area contributed by atoms with E-state index in [2.05, 4.69) is 50.4 Å². The number of aliphatic hydroxyl groups excluding tert-OH is 1. The fraction of sp³-hybridized carbons (Fsp3) is 0.600. The molecule has 2 unspecified atom stereocenters. The lowest BCUT2D eigenvalue weighted by Gasteiger charge is -2.15. The summed E-state index contributed by atoms with van der Waals surface area (Å²) in [5, 5.41) is 12.7. The van der Waals surface area contributed by atoms with Crippen molar-refractivity contribution in [2.24, 2.45) is 0 Å². The highest BCUT2D eigenvalue weighted by Crippen LogP contribution is 2.14. The molecule has 0 aliphatic rings. The first-order chi connectivity index (χ1) is 7.99. The number of hydrogen-bond acceptors (Lipinski definition) is 2. The molecule has 2 atom stereocenters. The van der Waals surface area contributed by atoms with E-state index in [1.807, 2.05) is 6.92 Å². The van der Waals surface area contributed by atoms with Crippen LogP contribution in [0.25, 0.3) is 0 Å². The van der Waals surface area contributed by atoms with E-state index in [4.69, 9.17) is 0 Å². The molecule has 96 valence electrons. The molecule has 0 amide bonds. The zero-order valence-electron chi connectivity index (χ0n) is 11.4. The summed E-state index contributed by atoms with van der Waals surface area (Å²) in [5.74, 6) is 0.589. The van der Waals surface area contributed by atoms with Crippen molar-refractivity contribution in [2.75, 3.05) is 0 Å². The van der Waals surface area contributed by atoms with Gasteiger partial charge in [0.05, 0.1) is 6.10 Å². The summed E-state index contributed by atoms with van der Waals surface area (Å²) < 4.78 is 0. The number of hydrogen-bond donors (Lipinski definition) is 2.